The van der Waals surface area contributed by atoms with E-state index in [1.807, 2.05) is 0 Å². The third kappa shape index (κ3) is 2.44. The molecule has 0 saturated heterocycles. The molecule has 5 nitrogen and oxygen atoms in total. The number of nitrogens with zero attached hydrogens (tertiary/aromatic N) is 3. The van der Waals surface area contributed by atoms with Crippen molar-refractivity contribution in [3.8, 4) is 17.4 Å². The van der Waals surface area contributed by atoms with E-state index in [1.165, 1.54) is 26.2 Å². The molecule has 0 bridgehead atoms. The lowest BCUT2D eigenvalue weighted by Gasteiger charge is -2.08. The van der Waals surface area contributed by atoms with Crippen LogP contribution in [0.4, 0.5) is 14.7 Å². The van der Waals surface area contributed by atoms with Gasteiger partial charge in [-0.15, -0.1) is 0 Å². The zero-order valence-electron chi connectivity index (χ0n) is 10.7. The van der Waals surface area contributed by atoms with Crippen molar-refractivity contribution in [1.82, 2.24) is 15.0 Å². The fourth-order valence-corrected chi connectivity index (χ4v) is 1.53. The number of nitrogens with one attached hydrogen (secondary N) is 1. The highest BCUT2D eigenvalue weighted by Gasteiger charge is 2.18. The van der Waals surface area contributed by atoms with Gasteiger partial charge in [0.25, 0.3) is 0 Å². The van der Waals surface area contributed by atoms with Gasteiger partial charge in [-0.05, 0) is 18.6 Å². The van der Waals surface area contributed by atoms with Crippen molar-refractivity contribution >= 4 is 5.95 Å². The normalized spacial score (nSPS) is 10.4. The van der Waals surface area contributed by atoms with Gasteiger partial charge in [-0.25, -0.2) is 8.78 Å². The number of hydrogen-bond acceptors (Lipinski definition) is 5. The number of benzene rings is 1. The summed E-state index contributed by atoms with van der Waals surface area (Å²) in [6.07, 6.45) is 0. The lowest BCUT2D eigenvalue weighted by Crippen LogP contribution is -2.05. The molecular formula is C12H12F2N4O. The van der Waals surface area contributed by atoms with Gasteiger partial charge < -0.3 is 10.1 Å². The van der Waals surface area contributed by atoms with Crippen LogP contribution in [-0.4, -0.2) is 29.1 Å². The van der Waals surface area contributed by atoms with Crippen LogP contribution in [0.5, 0.6) is 6.01 Å². The molecule has 0 radical (unpaired) electrons. The number of aryl methyl sites for hydroxylation is 1. The maximum atomic E-state index is 14.0. The highest BCUT2D eigenvalue weighted by Crippen LogP contribution is 2.26. The van der Waals surface area contributed by atoms with Crippen LogP contribution in [0.2, 0.25) is 0 Å². The summed E-state index contributed by atoms with van der Waals surface area (Å²) < 4.78 is 32.7. The minimum absolute atomic E-state index is 0.0188. The summed E-state index contributed by atoms with van der Waals surface area (Å²) in [5, 5.41) is 2.68. The van der Waals surface area contributed by atoms with E-state index in [1.54, 1.807) is 7.05 Å². The summed E-state index contributed by atoms with van der Waals surface area (Å²) in [5.74, 6) is -1.38. The van der Waals surface area contributed by atoms with Crippen molar-refractivity contribution in [1.29, 1.82) is 0 Å². The molecule has 0 aliphatic carbocycles. The number of methoxy groups -OCH3 is 1. The first kappa shape index (κ1) is 13.1. The van der Waals surface area contributed by atoms with E-state index >= 15 is 0 Å². The van der Waals surface area contributed by atoms with Crippen LogP contribution in [0.3, 0.4) is 0 Å². The van der Waals surface area contributed by atoms with Crippen LogP contribution in [-0.2, 0) is 0 Å². The Labute approximate surface area is 108 Å². The Bertz CT molecular complexity index is 597. The number of hydrogen-bond donors (Lipinski definition) is 1. The number of anilines is 1. The van der Waals surface area contributed by atoms with Gasteiger partial charge in [0.15, 0.2) is 5.82 Å². The molecule has 0 aliphatic heterocycles. The molecule has 0 amide bonds. The Morgan fingerprint density at radius 1 is 1.16 bits per heavy atom. The van der Waals surface area contributed by atoms with Gasteiger partial charge >= 0.3 is 6.01 Å². The Morgan fingerprint density at radius 2 is 1.89 bits per heavy atom. The molecule has 0 fully saturated rings. The number of ether oxygens (including phenoxy) is 1. The molecule has 0 aliphatic rings. The highest BCUT2D eigenvalue weighted by atomic mass is 19.1. The Hall–Kier alpha value is -2.31. The first-order valence-corrected chi connectivity index (χ1v) is 5.49. The number of aromatic nitrogens is 3. The van der Waals surface area contributed by atoms with Crippen LogP contribution in [0, 0.1) is 18.6 Å². The molecule has 0 atom stereocenters. The van der Waals surface area contributed by atoms with Crippen molar-refractivity contribution in [2.45, 2.75) is 6.92 Å². The smallest absolute Gasteiger partial charge is 0.321 e. The Balaban J connectivity index is 2.68. The van der Waals surface area contributed by atoms with E-state index in [2.05, 4.69) is 20.3 Å². The minimum Gasteiger partial charge on any atom is -0.467 e. The topological polar surface area (TPSA) is 59.9 Å². The predicted molar refractivity (Wildman–Crippen MR) is 66.0 cm³/mol. The molecule has 1 heterocycles. The van der Waals surface area contributed by atoms with E-state index in [0.717, 1.165) is 0 Å². The molecule has 2 aromatic rings. The summed E-state index contributed by atoms with van der Waals surface area (Å²) in [5.41, 5.74) is 0.0130. The molecular weight excluding hydrogens is 254 g/mol. The lowest BCUT2D eigenvalue weighted by atomic mass is 10.1. The largest absolute Gasteiger partial charge is 0.467 e. The number of halogens is 2. The SMILES string of the molecule is CNc1nc(OC)nc(-c2c(F)ccc(C)c2F)n1. The zero-order chi connectivity index (χ0) is 14.0. The quantitative estimate of drug-likeness (QED) is 0.922. The second-order valence-corrected chi connectivity index (χ2v) is 3.77. The first-order valence-electron chi connectivity index (χ1n) is 5.49. The van der Waals surface area contributed by atoms with Crippen LogP contribution >= 0.6 is 0 Å². The van der Waals surface area contributed by atoms with E-state index in [0.29, 0.717) is 5.56 Å². The fraction of sp³-hybridized carbons (Fsp3) is 0.250. The van der Waals surface area contributed by atoms with Crippen LogP contribution in [0.25, 0.3) is 11.4 Å². The molecule has 0 saturated carbocycles. The van der Waals surface area contributed by atoms with Crippen molar-refractivity contribution in [3.05, 3.63) is 29.3 Å². The molecule has 2 rings (SSSR count). The van der Waals surface area contributed by atoms with E-state index in [4.69, 9.17) is 4.74 Å². The summed E-state index contributed by atoms with van der Waals surface area (Å²) in [7, 11) is 2.95. The van der Waals surface area contributed by atoms with Crippen molar-refractivity contribution < 1.29 is 13.5 Å². The minimum atomic E-state index is -0.738. The van der Waals surface area contributed by atoms with Gasteiger partial charge in [0, 0.05) is 7.05 Å². The monoisotopic (exact) mass is 266 g/mol. The molecule has 19 heavy (non-hydrogen) atoms. The van der Waals surface area contributed by atoms with Crippen LogP contribution in [0.15, 0.2) is 12.1 Å². The second kappa shape index (κ2) is 5.13. The molecule has 1 N–H and O–H groups in total. The molecule has 0 spiro atoms. The average molecular weight is 266 g/mol. The van der Waals surface area contributed by atoms with Crippen LogP contribution in [0.1, 0.15) is 5.56 Å². The van der Waals surface area contributed by atoms with E-state index in [-0.39, 0.29) is 23.3 Å². The fourth-order valence-electron chi connectivity index (χ4n) is 1.53. The maximum Gasteiger partial charge on any atom is 0.321 e. The lowest BCUT2D eigenvalue weighted by molar-refractivity contribution is 0.379. The third-order valence-electron chi connectivity index (χ3n) is 2.53. The van der Waals surface area contributed by atoms with Gasteiger partial charge in [-0.3, -0.25) is 0 Å². The summed E-state index contributed by atoms with van der Waals surface area (Å²) >= 11 is 0. The van der Waals surface area contributed by atoms with E-state index < -0.39 is 11.6 Å². The second-order valence-electron chi connectivity index (χ2n) is 3.77. The molecule has 100 valence electrons. The van der Waals surface area contributed by atoms with Crippen molar-refractivity contribution in [2.24, 2.45) is 0 Å². The van der Waals surface area contributed by atoms with E-state index in [9.17, 15) is 8.78 Å². The molecule has 1 aromatic carbocycles. The maximum absolute atomic E-state index is 14.0. The van der Waals surface area contributed by atoms with Crippen LogP contribution < -0.4 is 10.1 Å². The highest BCUT2D eigenvalue weighted by molar-refractivity contribution is 5.59. The van der Waals surface area contributed by atoms with Gasteiger partial charge in [0.05, 0.1) is 12.7 Å². The summed E-state index contributed by atoms with van der Waals surface area (Å²) in [6, 6.07) is 2.50. The molecule has 7 heteroatoms. The average Bonchev–Trinajstić information content (AvgIpc) is 2.43. The van der Waals surface area contributed by atoms with Crippen molar-refractivity contribution in [2.75, 3.05) is 19.5 Å². The standard InChI is InChI=1S/C12H12F2N4O/c1-6-4-5-7(13)8(9(6)14)10-16-11(15-2)18-12(17-10)19-3/h4-5H,1-3H3,(H,15,16,17,18). The number of rotatable bonds is 3. The zero-order valence-corrected chi connectivity index (χ0v) is 10.7. The third-order valence-corrected chi connectivity index (χ3v) is 2.53. The summed E-state index contributed by atoms with van der Waals surface area (Å²) in [6.45, 7) is 1.54. The van der Waals surface area contributed by atoms with Gasteiger partial charge in [-0.2, -0.15) is 15.0 Å². The Kier molecular flexibility index (Phi) is 3.55. The van der Waals surface area contributed by atoms with Gasteiger partial charge in [-0.1, -0.05) is 6.07 Å². The molecule has 1 aromatic heterocycles. The van der Waals surface area contributed by atoms with Gasteiger partial charge in [0.1, 0.15) is 11.6 Å². The van der Waals surface area contributed by atoms with Crippen molar-refractivity contribution in [3.63, 3.8) is 0 Å². The molecule has 0 unspecified atom stereocenters. The Morgan fingerprint density at radius 3 is 2.53 bits per heavy atom. The predicted octanol–water partition coefficient (Wildman–Crippen LogP) is 2.18. The van der Waals surface area contributed by atoms with Gasteiger partial charge in [0.2, 0.25) is 5.95 Å². The summed E-state index contributed by atoms with van der Waals surface area (Å²) in [4.78, 5) is 11.7. The first-order chi connectivity index (χ1) is 9.06.